The van der Waals surface area contributed by atoms with E-state index in [1.54, 1.807) is 31.3 Å². The SMILES string of the molecule is CCOC(Cn1c(NC(=O)c2ccc(-c3cnc(C)o3)s2)nc2cc(NCC(=O)c3ccccc3)ccc21)OCC. The van der Waals surface area contributed by atoms with Gasteiger partial charge in [0.15, 0.2) is 23.7 Å². The zero-order valence-corrected chi connectivity index (χ0v) is 23.9. The van der Waals surface area contributed by atoms with E-state index in [2.05, 4.69) is 15.6 Å². The Hall–Kier alpha value is -4.32. The molecule has 0 aliphatic heterocycles. The minimum Gasteiger partial charge on any atom is -0.440 e. The van der Waals surface area contributed by atoms with E-state index in [4.69, 9.17) is 18.9 Å². The van der Waals surface area contributed by atoms with Crippen LogP contribution >= 0.6 is 11.3 Å². The molecule has 11 heteroatoms. The Bertz CT molecular complexity index is 1640. The van der Waals surface area contributed by atoms with Crippen molar-refractivity contribution >= 4 is 45.7 Å². The first kappa shape index (κ1) is 28.2. The summed E-state index contributed by atoms with van der Waals surface area (Å²) in [5, 5.41) is 6.14. The number of thiophene rings is 1. The van der Waals surface area contributed by atoms with E-state index >= 15 is 0 Å². The number of aromatic nitrogens is 3. The highest BCUT2D eigenvalue weighted by Gasteiger charge is 2.20. The monoisotopic (exact) mass is 573 g/mol. The molecule has 0 fully saturated rings. The highest BCUT2D eigenvalue weighted by Crippen LogP contribution is 2.30. The Morgan fingerprint density at radius 1 is 1.05 bits per heavy atom. The zero-order valence-electron chi connectivity index (χ0n) is 23.0. The van der Waals surface area contributed by atoms with Crippen LogP contribution in [0.1, 0.15) is 39.8 Å². The van der Waals surface area contributed by atoms with Gasteiger partial charge < -0.3 is 23.8 Å². The summed E-state index contributed by atoms with van der Waals surface area (Å²) in [6.07, 6.45) is 1.12. The van der Waals surface area contributed by atoms with Crippen molar-refractivity contribution in [2.24, 2.45) is 0 Å². The first-order chi connectivity index (χ1) is 19.9. The van der Waals surface area contributed by atoms with Gasteiger partial charge in [-0.25, -0.2) is 9.97 Å². The zero-order chi connectivity index (χ0) is 28.8. The van der Waals surface area contributed by atoms with Gasteiger partial charge in [0.05, 0.1) is 40.1 Å². The molecule has 0 saturated heterocycles. The molecule has 212 valence electrons. The van der Waals surface area contributed by atoms with Crippen LogP contribution in [-0.4, -0.2) is 52.3 Å². The number of rotatable bonds is 13. The fraction of sp³-hybridized carbons (Fsp3) is 0.267. The summed E-state index contributed by atoms with van der Waals surface area (Å²) >= 11 is 1.31. The molecule has 5 rings (SSSR count). The second-order valence-electron chi connectivity index (χ2n) is 9.09. The number of ether oxygens (including phenoxy) is 2. The van der Waals surface area contributed by atoms with Gasteiger partial charge in [-0.05, 0) is 44.2 Å². The molecular formula is C30H31N5O5S. The molecule has 2 N–H and O–H groups in total. The Balaban J connectivity index is 1.40. The number of aryl methyl sites for hydroxylation is 1. The van der Waals surface area contributed by atoms with Crippen LogP contribution in [0.2, 0.25) is 0 Å². The number of carbonyl (C=O) groups excluding carboxylic acids is 2. The minimum absolute atomic E-state index is 0.0174. The number of nitrogens with one attached hydrogen (secondary N) is 2. The number of fused-ring (bicyclic) bond motifs is 1. The molecule has 0 unspecified atom stereocenters. The number of carbonyl (C=O) groups is 2. The van der Waals surface area contributed by atoms with E-state index in [1.807, 2.05) is 60.9 Å². The van der Waals surface area contributed by atoms with Gasteiger partial charge in [0, 0.05) is 31.4 Å². The van der Waals surface area contributed by atoms with Crippen molar-refractivity contribution in [3.8, 4) is 10.6 Å². The van der Waals surface area contributed by atoms with Gasteiger partial charge in [-0.2, -0.15) is 0 Å². The van der Waals surface area contributed by atoms with Gasteiger partial charge in [-0.15, -0.1) is 11.3 Å². The average molecular weight is 574 g/mol. The lowest BCUT2D eigenvalue weighted by Gasteiger charge is -2.19. The summed E-state index contributed by atoms with van der Waals surface area (Å²) in [5.74, 6) is 1.21. The Morgan fingerprint density at radius 2 is 1.83 bits per heavy atom. The van der Waals surface area contributed by atoms with Gasteiger partial charge in [0.2, 0.25) is 5.95 Å². The van der Waals surface area contributed by atoms with E-state index in [1.165, 1.54) is 11.3 Å². The number of amides is 1. The second kappa shape index (κ2) is 12.9. The lowest BCUT2D eigenvalue weighted by molar-refractivity contribution is -0.142. The molecule has 10 nitrogen and oxygen atoms in total. The molecule has 41 heavy (non-hydrogen) atoms. The molecule has 0 aliphatic rings. The maximum atomic E-state index is 13.3. The molecule has 2 aromatic carbocycles. The molecule has 1 amide bonds. The van der Waals surface area contributed by atoms with Gasteiger partial charge in [-0.3, -0.25) is 14.9 Å². The quantitative estimate of drug-likeness (QED) is 0.130. The van der Waals surface area contributed by atoms with Gasteiger partial charge in [0.1, 0.15) is 0 Å². The fourth-order valence-corrected chi connectivity index (χ4v) is 5.18. The van der Waals surface area contributed by atoms with Crippen LogP contribution in [0.5, 0.6) is 0 Å². The van der Waals surface area contributed by atoms with E-state index in [0.29, 0.717) is 53.3 Å². The highest BCUT2D eigenvalue weighted by molar-refractivity contribution is 7.17. The third-order valence-electron chi connectivity index (χ3n) is 6.25. The van der Waals surface area contributed by atoms with Crippen LogP contribution in [0.25, 0.3) is 21.7 Å². The molecule has 0 saturated carbocycles. The highest BCUT2D eigenvalue weighted by atomic mass is 32.1. The Labute approximate surface area is 241 Å². The van der Waals surface area contributed by atoms with Crippen molar-refractivity contribution in [2.45, 2.75) is 33.6 Å². The number of imidazole rings is 1. The summed E-state index contributed by atoms with van der Waals surface area (Å²) in [7, 11) is 0. The first-order valence-corrected chi connectivity index (χ1v) is 14.2. The van der Waals surface area contributed by atoms with Crippen molar-refractivity contribution in [2.75, 3.05) is 30.4 Å². The number of anilines is 2. The molecule has 3 aromatic heterocycles. The fourth-order valence-electron chi connectivity index (χ4n) is 4.33. The largest absolute Gasteiger partial charge is 0.440 e. The summed E-state index contributed by atoms with van der Waals surface area (Å²) in [5.41, 5.74) is 2.81. The van der Waals surface area contributed by atoms with E-state index < -0.39 is 6.29 Å². The summed E-state index contributed by atoms with van der Waals surface area (Å²) in [6.45, 7) is 6.99. The Morgan fingerprint density at radius 3 is 2.54 bits per heavy atom. The molecule has 3 heterocycles. The normalized spacial score (nSPS) is 11.3. The second-order valence-corrected chi connectivity index (χ2v) is 10.2. The van der Waals surface area contributed by atoms with E-state index in [9.17, 15) is 9.59 Å². The van der Waals surface area contributed by atoms with Crippen molar-refractivity contribution in [3.63, 3.8) is 0 Å². The Kier molecular flexibility index (Phi) is 8.88. The lowest BCUT2D eigenvalue weighted by Crippen LogP contribution is -2.25. The summed E-state index contributed by atoms with van der Waals surface area (Å²) < 4.78 is 19.0. The van der Waals surface area contributed by atoms with E-state index in [-0.39, 0.29) is 18.2 Å². The molecule has 0 spiro atoms. The van der Waals surface area contributed by atoms with Gasteiger partial charge in [-0.1, -0.05) is 30.3 Å². The topological polar surface area (TPSA) is 121 Å². The third-order valence-corrected chi connectivity index (χ3v) is 7.35. The van der Waals surface area contributed by atoms with Crippen molar-refractivity contribution < 1.29 is 23.5 Å². The lowest BCUT2D eigenvalue weighted by atomic mass is 10.1. The number of benzene rings is 2. The van der Waals surface area contributed by atoms with Gasteiger partial charge >= 0.3 is 0 Å². The van der Waals surface area contributed by atoms with Gasteiger partial charge in [0.25, 0.3) is 5.91 Å². The molecular weight excluding hydrogens is 542 g/mol. The van der Waals surface area contributed by atoms with Crippen LogP contribution in [0.3, 0.4) is 0 Å². The first-order valence-electron chi connectivity index (χ1n) is 13.3. The molecule has 0 atom stereocenters. The van der Waals surface area contributed by atoms with Crippen LogP contribution < -0.4 is 10.6 Å². The maximum Gasteiger partial charge on any atom is 0.268 e. The average Bonchev–Trinajstić information content (AvgIpc) is 3.71. The molecule has 0 bridgehead atoms. The van der Waals surface area contributed by atoms with Crippen molar-refractivity contribution in [3.05, 3.63) is 83.2 Å². The number of nitrogens with zero attached hydrogens (tertiary/aromatic N) is 3. The predicted molar refractivity (Wildman–Crippen MR) is 159 cm³/mol. The number of Topliss-reactive ketones (excluding diaryl/α,β-unsaturated/α-hetero) is 1. The minimum atomic E-state index is -0.526. The number of hydrogen-bond acceptors (Lipinski definition) is 9. The standard InChI is InChI=1S/C30H31N5O5S/c1-4-38-28(39-5-2)18-35-23-12-11-21(32-16-24(36)20-9-7-6-8-10-20)15-22(23)33-30(35)34-29(37)27-14-13-26(41-27)25-17-31-19(3)40-25/h6-15,17,28,32H,4-5,16,18H2,1-3H3,(H,33,34,37). The van der Waals surface area contributed by atoms with Crippen molar-refractivity contribution in [1.82, 2.24) is 14.5 Å². The predicted octanol–water partition coefficient (Wildman–Crippen LogP) is 6.01. The van der Waals surface area contributed by atoms with Crippen LogP contribution in [0.4, 0.5) is 11.6 Å². The number of hydrogen-bond donors (Lipinski definition) is 2. The van der Waals surface area contributed by atoms with E-state index in [0.717, 1.165) is 16.1 Å². The number of oxazole rings is 1. The molecule has 0 aliphatic carbocycles. The third kappa shape index (κ3) is 6.71. The van der Waals surface area contributed by atoms with Crippen molar-refractivity contribution in [1.29, 1.82) is 0 Å². The number of ketones is 1. The maximum absolute atomic E-state index is 13.3. The van der Waals surface area contributed by atoms with Crippen LogP contribution in [0.15, 0.2) is 71.3 Å². The molecule has 5 aromatic rings. The smallest absolute Gasteiger partial charge is 0.268 e. The molecule has 0 radical (unpaired) electrons. The van der Waals surface area contributed by atoms with Crippen LogP contribution in [-0.2, 0) is 16.0 Å². The van der Waals surface area contributed by atoms with Crippen LogP contribution in [0, 0.1) is 6.92 Å². The summed E-state index contributed by atoms with van der Waals surface area (Å²) in [4.78, 5) is 36.0. The summed E-state index contributed by atoms with van der Waals surface area (Å²) in [6, 6.07) is 18.3.